The molecule has 0 saturated carbocycles. The number of pyridine rings is 2. The van der Waals surface area contributed by atoms with Gasteiger partial charge in [0.1, 0.15) is 5.69 Å². The van der Waals surface area contributed by atoms with Gasteiger partial charge in [0, 0.05) is 30.0 Å². The molecule has 4 rings (SSSR count). The number of amides is 1. The van der Waals surface area contributed by atoms with E-state index in [0.29, 0.717) is 18.7 Å². The summed E-state index contributed by atoms with van der Waals surface area (Å²) in [4.78, 5) is 21.3. The van der Waals surface area contributed by atoms with E-state index in [2.05, 4.69) is 20.4 Å². The summed E-state index contributed by atoms with van der Waals surface area (Å²) in [7, 11) is 0. The fourth-order valence-corrected chi connectivity index (χ4v) is 3.42. The van der Waals surface area contributed by atoms with Crippen molar-refractivity contribution in [2.24, 2.45) is 0 Å². The van der Waals surface area contributed by atoms with E-state index < -0.39 is 0 Å². The highest BCUT2D eigenvalue weighted by Gasteiger charge is 2.15. The smallest absolute Gasteiger partial charge is 0.270 e. The van der Waals surface area contributed by atoms with E-state index in [9.17, 15) is 4.79 Å². The van der Waals surface area contributed by atoms with Gasteiger partial charge in [-0.25, -0.2) is 9.67 Å². The predicted molar refractivity (Wildman–Crippen MR) is 109 cm³/mol. The number of fused-ring (bicyclic) bond motifs is 1. The molecule has 0 bridgehead atoms. The number of rotatable bonds is 5. The van der Waals surface area contributed by atoms with E-state index in [4.69, 9.17) is 0 Å². The van der Waals surface area contributed by atoms with Gasteiger partial charge in [-0.2, -0.15) is 5.10 Å². The van der Waals surface area contributed by atoms with Crippen molar-refractivity contribution in [1.29, 1.82) is 0 Å². The molecule has 0 aliphatic heterocycles. The lowest BCUT2D eigenvalue weighted by atomic mass is 10.1. The molecule has 3 aromatic heterocycles. The second kappa shape index (κ2) is 7.60. The first-order valence-electron chi connectivity index (χ1n) is 9.23. The molecule has 0 saturated heterocycles. The lowest BCUT2D eigenvalue weighted by molar-refractivity contribution is 0.0951. The maximum atomic E-state index is 12.6. The number of nitrogens with zero attached hydrogens (tertiary/aromatic N) is 4. The molecule has 1 aromatic carbocycles. The average molecular weight is 371 g/mol. The Hall–Kier alpha value is -3.54. The predicted octanol–water partition coefficient (Wildman–Crippen LogP) is 3.40. The van der Waals surface area contributed by atoms with Gasteiger partial charge in [-0.3, -0.25) is 9.78 Å². The first-order valence-corrected chi connectivity index (χ1v) is 9.23. The Labute approximate surface area is 163 Å². The van der Waals surface area contributed by atoms with E-state index in [1.165, 1.54) is 0 Å². The van der Waals surface area contributed by atoms with Gasteiger partial charge in [0.15, 0.2) is 5.82 Å². The number of aromatic nitrogens is 4. The summed E-state index contributed by atoms with van der Waals surface area (Å²) in [5.41, 5.74) is 3.56. The molecule has 3 heterocycles. The number of carbonyl (C=O) groups is 1. The quantitative estimate of drug-likeness (QED) is 0.584. The highest BCUT2D eigenvalue weighted by atomic mass is 16.1. The summed E-state index contributed by atoms with van der Waals surface area (Å²) < 4.78 is 1.85. The van der Waals surface area contributed by atoms with Crippen molar-refractivity contribution in [3.8, 4) is 5.82 Å². The van der Waals surface area contributed by atoms with Crippen LogP contribution in [-0.4, -0.2) is 32.2 Å². The van der Waals surface area contributed by atoms with Crippen LogP contribution in [0.15, 0.2) is 60.9 Å². The standard InChI is InChI=1S/C22H21N5O/c1-15-18(16(2)27(26-15)20-9-5-6-12-23-20)11-14-25-22(28)21-19-8-4-3-7-17(19)10-13-24-21/h3-10,12-13H,11,14H2,1-2H3,(H,25,28). The Morgan fingerprint density at radius 2 is 1.82 bits per heavy atom. The zero-order valence-corrected chi connectivity index (χ0v) is 15.9. The average Bonchev–Trinajstić information content (AvgIpc) is 3.02. The van der Waals surface area contributed by atoms with Crippen molar-refractivity contribution in [1.82, 2.24) is 25.1 Å². The molecule has 0 unspecified atom stereocenters. The molecule has 0 aliphatic rings. The number of hydrogen-bond donors (Lipinski definition) is 1. The SMILES string of the molecule is Cc1nn(-c2ccccn2)c(C)c1CCNC(=O)c1nccc2ccccc12. The summed E-state index contributed by atoms with van der Waals surface area (Å²) in [5, 5.41) is 9.46. The first-order chi connectivity index (χ1) is 13.6. The minimum absolute atomic E-state index is 0.163. The topological polar surface area (TPSA) is 72.7 Å². The molecule has 0 radical (unpaired) electrons. The van der Waals surface area contributed by atoms with E-state index in [1.54, 1.807) is 12.4 Å². The minimum Gasteiger partial charge on any atom is -0.350 e. The highest BCUT2D eigenvalue weighted by Crippen LogP contribution is 2.18. The van der Waals surface area contributed by atoms with Gasteiger partial charge in [-0.05, 0) is 49.4 Å². The van der Waals surface area contributed by atoms with Gasteiger partial charge in [-0.15, -0.1) is 0 Å². The van der Waals surface area contributed by atoms with Gasteiger partial charge in [0.2, 0.25) is 0 Å². The van der Waals surface area contributed by atoms with Gasteiger partial charge >= 0.3 is 0 Å². The van der Waals surface area contributed by atoms with Crippen LogP contribution in [0.25, 0.3) is 16.6 Å². The van der Waals surface area contributed by atoms with Crippen LogP contribution in [0.4, 0.5) is 0 Å². The van der Waals surface area contributed by atoms with Crippen LogP contribution in [0.1, 0.15) is 27.4 Å². The van der Waals surface area contributed by atoms with Crippen molar-refractivity contribution in [3.63, 3.8) is 0 Å². The summed E-state index contributed by atoms with van der Waals surface area (Å²) in [6, 6.07) is 15.4. The number of carbonyl (C=O) groups excluding carboxylic acids is 1. The molecule has 0 spiro atoms. The number of benzene rings is 1. The number of hydrogen-bond acceptors (Lipinski definition) is 4. The van der Waals surface area contributed by atoms with Gasteiger partial charge < -0.3 is 5.32 Å². The molecule has 140 valence electrons. The molecule has 28 heavy (non-hydrogen) atoms. The van der Waals surface area contributed by atoms with Crippen LogP contribution >= 0.6 is 0 Å². The second-order valence-electron chi connectivity index (χ2n) is 6.64. The molecular formula is C22H21N5O. The van der Waals surface area contributed by atoms with E-state index in [0.717, 1.165) is 33.5 Å². The molecule has 6 heteroatoms. The Morgan fingerprint density at radius 3 is 2.64 bits per heavy atom. The fraction of sp³-hybridized carbons (Fsp3) is 0.182. The van der Waals surface area contributed by atoms with Crippen LogP contribution in [0, 0.1) is 13.8 Å². The molecule has 1 N–H and O–H groups in total. The third kappa shape index (κ3) is 3.36. The summed E-state index contributed by atoms with van der Waals surface area (Å²) in [6.45, 7) is 4.52. The minimum atomic E-state index is -0.163. The maximum Gasteiger partial charge on any atom is 0.270 e. The lowest BCUT2D eigenvalue weighted by Crippen LogP contribution is -2.27. The van der Waals surface area contributed by atoms with Gasteiger partial charge in [0.05, 0.1) is 5.69 Å². The zero-order chi connectivity index (χ0) is 19.5. The maximum absolute atomic E-state index is 12.6. The van der Waals surface area contributed by atoms with Crippen molar-refractivity contribution in [3.05, 3.63) is 83.6 Å². The van der Waals surface area contributed by atoms with Gasteiger partial charge in [0.25, 0.3) is 5.91 Å². The van der Waals surface area contributed by atoms with Crippen molar-refractivity contribution in [2.75, 3.05) is 6.54 Å². The fourth-order valence-electron chi connectivity index (χ4n) is 3.42. The van der Waals surface area contributed by atoms with Crippen molar-refractivity contribution >= 4 is 16.7 Å². The molecule has 4 aromatic rings. The second-order valence-corrected chi connectivity index (χ2v) is 6.64. The van der Waals surface area contributed by atoms with Crippen LogP contribution in [-0.2, 0) is 6.42 Å². The highest BCUT2D eigenvalue weighted by molar-refractivity contribution is 6.05. The molecule has 0 atom stereocenters. The van der Waals surface area contributed by atoms with E-state index in [-0.39, 0.29) is 5.91 Å². The Bertz CT molecular complexity index is 1130. The summed E-state index contributed by atoms with van der Waals surface area (Å²) in [5.74, 6) is 0.627. The third-order valence-corrected chi connectivity index (χ3v) is 4.86. The summed E-state index contributed by atoms with van der Waals surface area (Å²) in [6.07, 6.45) is 4.12. The van der Waals surface area contributed by atoms with Crippen LogP contribution in [0.2, 0.25) is 0 Å². The molecule has 6 nitrogen and oxygen atoms in total. The van der Waals surface area contributed by atoms with Crippen LogP contribution < -0.4 is 5.32 Å². The monoisotopic (exact) mass is 371 g/mol. The Kier molecular flexibility index (Phi) is 4.85. The Morgan fingerprint density at radius 1 is 1.00 bits per heavy atom. The first kappa shape index (κ1) is 17.9. The van der Waals surface area contributed by atoms with Crippen molar-refractivity contribution in [2.45, 2.75) is 20.3 Å². The summed E-state index contributed by atoms with van der Waals surface area (Å²) >= 11 is 0. The van der Waals surface area contributed by atoms with E-state index >= 15 is 0 Å². The Balaban J connectivity index is 1.48. The number of aryl methyl sites for hydroxylation is 1. The molecular weight excluding hydrogens is 350 g/mol. The zero-order valence-electron chi connectivity index (χ0n) is 15.9. The third-order valence-electron chi connectivity index (χ3n) is 4.86. The molecule has 0 aliphatic carbocycles. The normalized spacial score (nSPS) is 10.9. The number of nitrogens with one attached hydrogen (secondary N) is 1. The van der Waals surface area contributed by atoms with E-state index in [1.807, 2.05) is 67.1 Å². The lowest BCUT2D eigenvalue weighted by Gasteiger charge is -2.08. The largest absolute Gasteiger partial charge is 0.350 e. The molecule has 0 fully saturated rings. The molecule has 1 amide bonds. The van der Waals surface area contributed by atoms with Gasteiger partial charge in [-0.1, -0.05) is 30.3 Å². The van der Waals surface area contributed by atoms with Crippen LogP contribution in [0.5, 0.6) is 0 Å². The van der Waals surface area contributed by atoms with Crippen LogP contribution in [0.3, 0.4) is 0 Å². The van der Waals surface area contributed by atoms with Crippen molar-refractivity contribution < 1.29 is 4.79 Å².